The van der Waals surface area contributed by atoms with Crippen molar-refractivity contribution in [3.63, 3.8) is 0 Å². The van der Waals surface area contributed by atoms with Crippen molar-refractivity contribution in [2.45, 2.75) is 4.90 Å². The predicted molar refractivity (Wildman–Crippen MR) is 69.5 cm³/mol. The van der Waals surface area contributed by atoms with Crippen LogP contribution in [0.3, 0.4) is 0 Å². The lowest BCUT2D eigenvalue weighted by atomic mass is 10.1. The lowest BCUT2D eigenvalue weighted by Gasteiger charge is -2.03. The predicted octanol–water partition coefficient (Wildman–Crippen LogP) is 1.94. The average molecular weight is 279 g/mol. The molecule has 0 spiro atoms. The zero-order chi connectivity index (χ0) is 14.0. The van der Waals surface area contributed by atoms with E-state index in [-0.39, 0.29) is 5.69 Å². The summed E-state index contributed by atoms with van der Waals surface area (Å²) in [6.45, 7) is 0. The van der Waals surface area contributed by atoms with Gasteiger partial charge in [-0.25, -0.2) is 0 Å². The third-order valence-corrected chi connectivity index (χ3v) is 3.83. The molecule has 0 radical (unpaired) electrons. The Morgan fingerprint density at radius 1 is 1.32 bits per heavy atom. The van der Waals surface area contributed by atoms with Crippen molar-refractivity contribution in [1.82, 2.24) is 0 Å². The van der Waals surface area contributed by atoms with Crippen LogP contribution in [-0.2, 0) is 15.6 Å². The quantitative estimate of drug-likeness (QED) is 0.681. The van der Waals surface area contributed by atoms with E-state index >= 15 is 0 Å². The number of hydrogen-bond donors (Lipinski definition) is 1. The summed E-state index contributed by atoms with van der Waals surface area (Å²) in [4.78, 5) is 21.2. The van der Waals surface area contributed by atoms with E-state index in [9.17, 15) is 19.1 Å². The van der Waals surface area contributed by atoms with Crippen molar-refractivity contribution < 1.29 is 19.0 Å². The van der Waals surface area contributed by atoms with Gasteiger partial charge in [0.05, 0.1) is 21.1 Å². The molecule has 0 fully saturated rings. The van der Waals surface area contributed by atoms with Crippen LogP contribution < -0.4 is 0 Å². The lowest BCUT2D eigenvalue weighted by molar-refractivity contribution is -0.383. The van der Waals surface area contributed by atoms with Gasteiger partial charge in [-0.05, 0) is 23.6 Å². The van der Waals surface area contributed by atoms with Crippen molar-refractivity contribution in [2.24, 2.45) is 0 Å². The molecule has 98 valence electrons. The minimum Gasteiger partial charge on any atom is -0.481 e. The second kappa shape index (κ2) is 5.15. The summed E-state index contributed by atoms with van der Waals surface area (Å²) >= 11 is 0. The van der Waals surface area contributed by atoms with Gasteiger partial charge < -0.3 is 5.11 Å². The molecule has 0 aliphatic heterocycles. The molecule has 7 heteroatoms. The van der Waals surface area contributed by atoms with E-state index in [1.807, 2.05) is 0 Å². The SMILES string of the molecule is O=C(O)CS(=O)c1ccc2c([N+](=O)[O-])cccc2c1. The van der Waals surface area contributed by atoms with E-state index in [4.69, 9.17) is 5.11 Å². The Labute approximate surface area is 110 Å². The molecule has 0 aliphatic rings. The molecule has 2 aromatic carbocycles. The van der Waals surface area contributed by atoms with Gasteiger partial charge in [0.15, 0.2) is 0 Å². The Morgan fingerprint density at radius 2 is 2.05 bits per heavy atom. The summed E-state index contributed by atoms with van der Waals surface area (Å²) in [6.07, 6.45) is 0. The topological polar surface area (TPSA) is 97.5 Å². The van der Waals surface area contributed by atoms with Gasteiger partial charge in [0.25, 0.3) is 5.69 Å². The number of nitro benzene ring substituents is 1. The number of nitrogens with zero attached hydrogens (tertiary/aromatic N) is 1. The molecule has 0 saturated heterocycles. The fourth-order valence-corrected chi connectivity index (χ4v) is 2.61. The molecule has 0 bridgehead atoms. The Bertz CT molecular complexity index is 698. The van der Waals surface area contributed by atoms with Gasteiger partial charge in [-0.3, -0.25) is 19.1 Å². The molecule has 0 saturated carbocycles. The van der Waals surface area contributed by atoms with Crippen molar-refractivity contribution in [3.05, 3.63) is 46.5 Å². The van der Waals surface area contributed by atoms with Gasteiger partial charge in [-0.15, -0.1) is 0 Å². The molecule has 0 heterocycles. The molecular formula is C12H9NO5S. The van der Waals surface area contributed by atoms with Crippen LogP contribution in [0, 0.1) is 10.1 Å². The van der Waals surface area contributed by atoms with Gasteiger partial charge in [0, 0.05) is 11.0 Å². The van der Waals surface area contributed by atoms with Crippen LogP contribution in [-0.4, -0.2) is 26.0 Å². The van der Waals surface area contributed by atoms with Crippen molar-refractivity contribution in [3.8, 4) is 0 Å². The van der Waals surface area contributed by atoms with Crippen molar-refractivity contribution in [2.75, 3.05) is 5.75 Å². The molecule has 1 N–H and O–H groups in total. The molecule has 0 aromatic heterocycles. The normalized spacial score (nSPS) is 12.2. The number of hydrogen-bond acceptors (Lipinski definition) is 4. The Balaban J connectivity index is 2.50. The second-order valence-electron chi connectivity index (χ2n) is 3.80. The van der Waals surface area contributed by atoms with Gasteiger partial charge in [0.1, 0.15) is 5.75 Å². The van der Waals surface area contributed by atoms with E-state index in [1.54, 1.807) is 6.07 Å². The zero-order valence-electron chi connectivity index (χ0n) is 9.61. The van der Waals surface area contributed by atoms with E-state index in [2.05, 4.69) is 0 Å². The largest absolute Gasteiger partial charge is 0.481 e. The summed E-state index contributed by atoms with van der Waals surface area (Å²) in [5, 5.41) is 20.4. The minimum atomic E-state index is -1.66. The molecule has 6 nitrogen and oxygen atoms in total. The number of aliphatic carboxylic acids is 1. The highest BCUT2D eigenvalue weighted by molar-refractivity contribution is 7.85. The van der Waals surface area contributed by atoms with Crippen LogP contribution in [0.25, 0.3) is 10.8 Å². The number of fused-ring (bicyclic) bond motifs is 1. The molecule has 0 amide bonds. The van der Waals surface area contributed by atoms with Crippen LogP contribution in [0.15, 0.2) is 41.3 Å². The summed E-state index contributed by atoms with van der Waals surface area (Å²) < 4.78 is 11.7. The maximum Gasteiger partial charge on any atom is 0.316 e. The first-order chi connectivity index (χ1) is 8.99. The summed E-state index contributed by atoms with van der Waals surface area (Å²) in [5.74, 6) is -1.64. The maximum absolute atomic E-state index is 11.7. The Hall–Kier alpha value is -2.28. The number of nitro groups is 1. The summed E-state index contributed by atoms with van der Waals surface area (Å²) in [7, 11) is -1.66. The Kier molecular flexibility index (Phi) is 3.57. The van der Waals surface area contributed by atoms with Crippen LogP contribution in [0.5, 0.6) is 0 Å². The third kappa shape index (κ3) is 2.76. The van der Waals surface area contributed by atoms with Gasteiger partial charge >= 0.3 is 5.97 Å². The van der Waals surface area contributed by atoms with Gasteiger partial charge in [0.2, 0.25) is 0 Å². The minimum absolute atomic E-state index is 0.0342. The van der Waals surface area contributed by atoms with E-state index < -0.39 is 27.4 Å². The standard InChI is InChI=1S/C12H9NO5S/c14-12(15)7-19(18)9-4-5-10-8(6-9)2-1-3-11(10)13(16)17/h1-6H,7H2,(H,14,15). The average Bonchev–Trinajstić information content (AvgIpc) is 2.36. The second-order valence-corrected chi connectivity index (χ2v) is 5.25. The Morgan fingerprint density at radius 3 is 2.68 bits per heavy atom. The molecule has 2 aromatic rings. The highest BCUT2D eigenvalue weighted by Crippen LogP contribution is 2.26. The number of carbonyl (C=O) groups is 1. The van der Waals surface area contributed by atoms with Crippen LogP contribution >= 0.6 is 0 Å². The third-order valence-electron chi connectivity index (χ3n) is 2.54. The van der Waals surface area contributed by atoms with Crippen LogP contribution in [0.4, 0.5) is 5.69 Å². The smallest absolute Gasteiger partial charge is 0.316 e. The first kappa shape index (κ1) is 13.2. The molecule has 19 heavy (non-hydrogen) atoms. The van der Waals surface area contributed by atoms with E-state index in [1.165, 1.54) is 30.3 Å². The number of carboxylic acid groups (broad SMARTS) is 1. The lowest BCUT2D eigenvalue weighted by Crippen LogP contribution is -2.09. The number of carboxylic acids is 1. The maximum atomic E-state index is 11.7. The van der Waals surface area contributed by atoms with Crippen molar-refractivity contribution >= 4 is 33.2 Å². The summed E-state index contributed by atoms with van der Waals surface area (Å²) in [6, 6.07) is 9.03. The fourth-order valence-electron chi connectivity index (χ4n) is 1.74. The summed E-state index contributed by atoms with van der Waals surface area (Å²) in [5.41, 5.74) is -0.0342. The molecule has 0 aliphatic carbocycles. The van der Waals surface area contributed by atoms with E-state index in [0.717, 1.165) is 0 Å². The first-order valence-electron chi connectivity index (χ1n) is 5.26. The van der Waals surface area contributed by atoms with Gasteiger partial charge in [-0.2, -0.15) is 0 Å². The highest BCUT2D eigenvalue weighted by Gasteiger charge is 2.14. The number of non-ortho nitro benzene ring substituents is 1. The van der Waals surface area contributed by atoms with Crippen molar-refractivity contribution in [1.29, 1.82) is 0 Å². The monoisotopic (exact) mass is 279 g/mol. The van der Waals surface area contributed by atoms with Crippen LogP contribution in [0.2, 0.25) is 0 Å². The van der Waals surface area contributed by atoms with E-state index in [0.29, 0.717) is 15.7 Å². The molecular weight excluding hydrogens is 270 g/mol. The van der Waals surface area contributed by atoms with Gasteiger partial charge in [-0.1, -0.05) is 12.1 Å². The zero-order valence-corrected chi connectivity index (χ0v) is 10.4. The highest BCUT2D eigenvalue weighted by atomic mass is 32.2. The first-order valence-corrected chi connectivity index (χ1v) is 6.58. The molecule has 1 atom stereocenters. The number of rotatable bonds is 4. The van der Waals surface area contributed by atoms with Crippen LogP contribution in [0.1, 0.15) is 0 Å². The molecule has 2 rings (SSSR count). The number of benzene rings is 2. The fraction of sp³-hybridized carbons (Fsp3) is 0.0833. The molecule has 1 unspecified atom stereocenters.